The van der Waals surface area contributed by atoms with Crippen LogP contribution < -0.4 is 5.73 Å². The van der Waals surface area contributed by atoms with Crippen molar-refractivity contribution < 1.29 is 0 Å². The molecule has 13 heavy (non-hydrogen) atoms. The molecule has 0 aliphatic heterocycles. The Morgan fingerprint density at radius 2 is 2.46 bits per heavy atom. The van der Waals surface area contributed by atoms with E-state index in [1.807, 2.05) is 0 Å². The lowest BCUT2D eigenvalue weighted by Gasteiger charge is -1.92. The van der Waals surface area contributed by atoms with Crippen LogP contribution in [0.15, 0.2) is 12.4 Å². The van der Waals surface area contributed by atoms with E-state index in [0.717, 1.165) is 5.56 Å². The number of nitrogens with two attached hydrogens (primary N) is 1. The van der Waals surface area contributed by atoms with Crippen LogP contribution in [0.4, 0.5) is 0 Å². The van der Waals surface area contributed by atoms with Crippen LogP contribution in [0.3, 0.4) is 0 Å². The third-order valence-corrected chi connectivity index (χ3v) is 1.42. The molecular formula is C9H10N4. The molecule has 0 saturated carbocycles. The Bertz CT molecular complexity index is 361. The molecule has 0 atom stereocenters. The summed E-state index contributed by atoms with van der Waals surface area (Å²) in [4.78, 5) is 0. The van der Waals surface area contributed by atoms with E-state index in [1.165, 1.54) is 0 Å². The second-order valence-electron chi connectivity index (χ2n) is 2.41. The third kappa shape index (κ3) is 2.98. The van der Waals surface area contributed by atoms with Crippen LogP contribution in [-0.4, -0.2) is 16.3 Å². The summed E-state index contributed by atoms with van der Waals surface area (Å²) in [5.41, 5.74) is 6.06. The molecule has 0 spiro atoms. The molecule has 0 amide bonds. The summed E-state index contributed by atoms with van der Waals surface area (Å²) in [6.07, 6.45) is 3.94. The highest BCUT2D eigenvalue weighted by molar-refractivity contribution is 5.29. The van der Waals surface area contributed by atoms with E-state index in [2.05, 4.69) is 23.0 Å². The Kier molecular flexibility index (Phi) is 3.56. The standard InChI is InChI=1S/C9H10N4/c10-4-1-3-9-7-12-13(8-9)6-2-5-11/h7-8H,2,4,6,10H2. The van der Waals surface area contributed by atoms with Gasteiger partial charge in [-0.15, -0.1) is 0 Å². The predicted molar refractivity (Wildman–Crippen MR) is 48.4 cm³/mol. The van der Waals surface area contributed by atoms with E-state index < -0.39 is 0 Å². The van der Waals surface area contributed by atoms with Crippen LogP contribution in [-0.2, 0) is 6.54 Å². The lowest BCUT2D eigenvalue weighted by atomic mass is 10.3. The van der Waals surface area contributed by atoms with E-state index in [4.69, 9.17) is 11.0 Å². The van der Waals surface area contributed by atoms with Gasteiger partial charge in [-0.05, 0) is 0 Å². The molecular weight excluding hydrogens is 164 g/mol. The number of hydrogen-bond acceptors (Lipinski definition) is 3. The largest absolute Gasteiger partial charge is 0.320 e. The number of rotatable bonds is 2. The van der Waals surface area contributed by atoms with Gasteiger partial charge < -0.3 is 5.73 Å². The van der Waals surface area contributed by atoms with Crippen LogP contribution >= 0.6 is 0 Å². The van der Waals surface area contributed by atoms with Gasteiger partial charge in [0.15, 0.2) is 0 Å². The fourth-order valence-corrected chi connectivity index (χ4v) is 0.868. The monoisotopic (exact) mass is 174 g/mol. The molecule has 0 bridgehead atoms. The van der Waals surface area contributed by atoms with Gasteiger partial charge in [-0.2, -0.15) is 10.4 Å². The molecule has 0 saturated heterocycles. The number of nitriles is 1. The first-order valence-corrected chi connectivity index (χ1v) is 3.95. The minimum atomic E-state index is 0.351. The second-order valence-corrected chi connectivity index (χ2v) is 2.41. The van der Waals surface area contributed by atoms with Gasteiger partial charge >= 0.3 is 0 Å². The number of aromatic nitrogens is 2. The van der Waals surface area contributed by atoms with Crippen molar-refractivity contribution in [3.05, 3.63) is 18.0 Å². The van der Waals surface area contributed by atoms with Crippen molar-refractivity contribution in [2.24, 2.45) is 5.73 Å². The highest BCUT2D eigenvalue weighted by Crippen LogP contribution is 1.95. The third-order valence-electron chi connectivity index (χ3n) is 1.42. The van der Waals surface area contributed by atoms with Gasteiger partial charge in [-0.3, -0.25) is 4.68 Å². The summed E-state index contributed by atoms with van der Waals surface area (Å²) in [5, 5.41) is 12.4. The van der Waals surface area contributed by atoms with Gasteiger partial charge in [0.05, 0.1) is 37.3 Å². The Balaban J connectivity index is 2.59. The summed E-state index contributed by atoms with van der Waals surface area (Å²) in [5.74, 6) is 5.59. The molecule has 1 rings (SSSR count). The van der Waals surface area contributed by atoms with Gasteiger partial charge in [-0.25, -0.2) is 0 Å². The van der Waals surface area contributed by atoms with Crippen molar-refractivity contribution in [1.29, 1.82) is 5.26 Å². The van der Waals surface area contributed by atoms with Gasteiger partial charge in [0.1, 0.15) is 0 Å². The number of aryl methyl sites for hydroxylation is 1. The van der Waals surface area contributed by atoms with Crippen molar-refractivity contribution in [1.82, 2.24) is 9.78 Å². The molecule has 1 heterocycles. The average Bonchev–Trinajstić information content (AvgIpc) is 2.59. The van der Waals surface area contributed by atoms with E-state index in [9.17, 15) is 0 Å². The van der Waals surface area contributed by atoms with E-state index in [-0.39, 0.29) is 0 Å². The molecule has 1 aromatic rings. The molecule has 0 unspecified atom stereocenters. The maximum absolute atomic E-state index is 8.34. The zero-order chi connectivity index (χ0) is 9.52. The summed E-state index contributed by atoms with van der Waals surface area (Å²) in [6.45, 7) is 0.962. The van der Waals surface area contributed by atoms with Gasteiger partial charge in [-0.1, -0.05) is 11.8 Å². The van der Waals surface area contributed by atoms with Crippen LogP contribution in [0.5, 0.6) is 0 Å². The van der Waals surface area contributed by atoms with E-state index in [1.54, 1.807) is 17.1 Å². The lowest BCUT2D eigenvalue weighted by Crippen LogP contribution is -1.96. The van der Waals surface area contributed by atoms with Crippen LogP contribution in [0, 0.1) is 23.2 Å². The van der Waals surface area contributed by atoms with Gasteiger partial charge in [0.2, 0.25) is 0 Å². The fourth-order valence-electron chi connectivity index (χ4n) is 0.868. The van der Waals surface area contributed by atoms with Gasteiger partial charge in [0, 0.05) is 6.20 Å². The molecule has 66 valence electrons. The van der Waals surface area contributed by atoms with Crippen molar-refractivity contribution >= 4 is 0 Å². The van der Waals surface area contributed by atoms with Gasteiger partial charge in [0.25, 0.3) is 0 Å². The number of hydrogen-bond donors (Lipinski definition) is 1. The maximum atomic E-state index is 8.34. The predicted octanol–water partition coefficient (Wildman–Crippen LogP) is 0.107. The molecule has 0 radical (unpaired) electrons. The molecule has 1 aromatic heterocycles. The van der Waals surface area contributed by atoms with Crippen molar-refractivity contribution in [3.63, 3.8) is 0 Å². The molecule has 2 N–H and O–H groups in total. The Labute approximate surface area is 77.0 Å². The first kappa shape index (κ1) is 9.31. The lowest BCUT2D eigenvalue weighted by molar-refractivity contribution is 0.627. The summed E-state index contributed by atoms with van der Waals surface area (Å²) in [7, 11) is 0. The molecule has 0 aliphatic rings. The minimum absolute atomic E-state index is 0.351. The average molecular weight is 174 g/mol. The van der Waals surface area contributed by atoms with Crippen molar-refractivity contribution in [2.75, 3.05) is 6.54 Å². The normalized spacial score (nSPS) is 8.62. The Hall–Kier alpha value is -1.78. The molecule has 0 aromatic carbocycles. The second kappa shape index (κ2) is 4.97. The van der Waals surface area contributed by atoms with Crippen molar-refractivity contribution in [3.8, 4) is 17.9 Å². The molecule has 0 aliphatic carbocycles. The Morgan fingerprint density at radius 1 is 1.62 bits per heavy atom. The van der Waals surface area contributed by atoms with Crippen LogP contribution in [0.2, 0.25) is 0 Å². The quantitative estimate of drug-likeness (QED) is 0.647. The SMILES string of the molecule is N#CCCn1cc(C#CCN)cn1. The summed E-state index contributed by atoms with van der Waals surface area (Å²) in [6, 6.07) is 2.05. The summed E-state index contributed by atoms with van der Waals surface area (Å²) >= 11 is 0. The fraction of sp³-hybridized carbons (Fsp3) is 0.333. The number of nitrogens with zero attached hydrogens (tertiary/aromatic N) is 3. The smallest absolute Gasteiger partial charge is 0.0646 e. The molecule has 4 heteroatoms. The zero-order valence-electron chi connectivity index (χ0n) is 7.20. The van der Waals surface area contributed by atoms with Crippen LogP contribution in [0.1, 0.15) is 12.0 Å². The summed E-state index contributed by atoms with van der Waals surface area (Å²) < 4.78 is 1.70. The van der Waals surface area contributed by atoms with E-state index >= 15 is 0 Å². The minimum Gasteiger partial charge on any atom is -0.320 e. The molecule has 0 fully saturated rings. The maximum Gasteiger partial charge on any atom is 0.0646 e. The Morgan fingerprint density at radius 3 is 3.15 bits per heavy atom. The topological polar surface area (TPSA) is 67.6 Å². The van der Waals surface area contributed by atoms with Crippen LogP contribution in [0.25, 0.3) is 0 Å². The zero-order valence-corrected chi connectivity index (χ0v) is 7.20. The highest BCUT2D eigenvalue weighted by atomic mass is 15.3. The van der Waals surface area contributed by atoms with E-state index in [0.29, 0.717) is 19.5 Å². The van der Waals surface area contributed by atoms with Crippen molar-refractivity contribution in [2.45, 2.75) is 13.0 Å². The first-order valence-electron chi connectivity index (χ1n) is 3.95. The highest BCUT2D eigenvalue weighted by Gasteiger charge is 1.93. The molecule has 4 nitrogen and oxygen atoms in total. The first-order chi connectivity index (χ1) is 6.36.